The molecule has 0 aromatic rings. The van der Waals surface area contributed by atoms with Crippen LogP contribution in [0.25, 0.3) is 0 Å². The average Bonchev–Trinajstić information content (AvgIpc) is 3.65. The number of hydrogen-bond acceptors (Lipinski definition) is 7. The number of aliphatic hydroxyl groups is 1. The Morgan fingerprint density at radius 1 is 0.864 bits per heavy atom. The fraction of sp³-hybridized carbons (Fsp3) is 0.946. The number of rotatable bonds is 6. The largest absolute Gasteiger partial charge is 0.389 e. The molecule has 7 rings (SSSR count). The molecular formula is C37H60O7. The summed E-state index contributed by atoms with van der Waals surface area (Å²) in [6, 6.07) is 0. The third-order valence-corrected chi connectivity index (χ3v) is 13.8. The van der Waals surface area contributed by atoms with Gasteiger partial charge >= 0.3 is 0 Å². The van der Waals surface area contributed by atoms with Gasteiger partial charge in [0, 0.05) is 18.9 Å². The molecule has 1 spiro atoms. The van der Waals surface area contributed by atoms with E-state index in [2.05, 4.69) is 54.5 Å². The Hall–Kier alpha value is -0.540. The van der Waals surface area contributed by atoms with Gasteiger partial charge in [-0.1, -0.05) is 32.9 Å². The van der Waals surface area contributed by atoms with Gasteiger partial charge in [0.05, 0.1) is 37.1 Å². The number of hydrogen-bond donors (Lipinski definition) is 1. The molecule has 0 bridgehead atoms. The van der Waals surface area contributed by atoms with Crippen LogP contribution in [0.15, 0.2) is 12.2 Å². The van der Waals surface area contributed by atoms with Gasteiger partial charge in [0.1, 0.15) is 0 Å². The monoisotopic (exact) mass is 616 g/mol. The van der Waals surface area contributed by atoms with Crippen molar-refractivity contribution < 1.29 is 33.5 Å². The maximum Gasteiger partial charge on any atom is 0.172 e. The Morgan fingerprint density at radius 2 is 1.59 bits per heavy atom. The summed E-state index contributed by atoms with van der Waals surface area (Å²) < 4.78 is 38.4. The van der Waals surface area contributed by atoms with Crippen molar-refractivity contribution in [2.45, 2.75) is 154 Å². The standard InChI is InChI=1S/C37H60O7/c1-23(28(38)14-15-33(2,3)44-32-10-8-9-17-39-32)25-11-12-26-24-21-37(40-18-19-41-37)31-20-29-30(43-34(4,5)42-29)22-36(31,7)27(24)13-16-35(25,26)6/h14-15,23-32,38H,8-13,16-22H2,1-7H3/b15-14-/t23-,24-,25+,26-,27-,28-,29-,30+,31?,32+,35+,36+/m0/s1. The van der Waals surface area contributed by atoms with Gasteiger partial charge in [0.25, 0.3) is 0 Å². The lowest BCUT2D eigenvalue weighted by atomic mass is 9.42. The van der Waals surface area contributed by atoms with Gasteiger partial charge in [0.2, 0.25) is 0 Å². The molecule has 7 aliphatic rings. The Kier molecular flexibility index (Phi) is 8.21. The van der Waals surface area contributed by atoms with Crippen molar-refractivity contribution in [3.8, 4) is 0 Å². The summed E-state index contributed by atoms with van der Waals surface area (Å²) in [5.41, 5.74) is -0.180. The molecule has 7 nitrogen and oxygen atoms in total. The summed E-state index contributed by atoms with van der Waals surface area (Å²) in [5.74, 6) is 1.77. The molecule has 7 fully saturated rings. The molecule has 3 aliphatic heterocycles. The maximum absolute atomic E-state index is 11.5. The smallest absolute Gasteiger partial charge is 0.172 e. The second-order valence-corrected chi connectivity index (χ2v) is 17.3. The Morgan fingerprint density at radius 3 is 2.32 bits per heavy atom. The molecule has 44 heavy (non-hydrogen) atoms. The van der Waals surface area contributed by atoms with Crippen LogP contribution in [0, 0.1) is 46.3 Å². The predicted molar refractivity (Wildman–Crippen MR) is 168 cm³/mol. The van der Waals surface area contributed by atoms with E-state index in [0.29, 0.717) is 42.8 Å². The van der Waals surface area contributed by atoms with E-state index < -0.39 is 23.3 Å². The lowest BCUT2D eigenvalue weighted by Gasteiger charge is -2.65. The van der Waals surface area contributed by atoms with Crippen molar-refractivity contribution in [3.05, 3.63) is 12.2 Å². The fourth-order valence-electron chi connectivity index (χ4n) is 11.9. The van der Waals surface area contributed by atoms with Gasteiger partial charge < -0.3 is 33.5 Å². The summed E-state index contributed by atoms with van der Waals surface area (Å²) in [6.07, 6.45) is 14.7. The van der Waals surface area contributed by atoms with Crippen molar-refractivity contribution in [1.29, 1.82) is 0 Å². The first-order chi connectivity index (χ1) is 20.8. The van der Waals surface area contributed by atoms with Gasteiger partial charge in [-0.2, -0.15) is 0 Å². The van der Waals surface area contributed by atoms with Gasteiger partial charge in [-0.15, -0.1) is 0 Å². The summed E-state index contributed by atoms with van der Waals surface area (Å²) >= 11 is 0. The Bertz CT molecular complexity index is 1080. The van der Waals surface area contributed by atoms with E-state index in [9.17, 15) is 5.11 Å². The minimum Gasteiger partial charge on any atom is -0.389 e. The SMILES string of the molecule is C[C@@H]([C@H]1CC[C@H]2[C@@H]3CC4(OCCO4)C4C[C@@H]5OC(C)(C)O[C@@H]5C[C@]4(C)[C@H]3CC[C@]12C)[C@@H](O)/C=C\C(C)(C)O[C@@H]1CCCCO1. The molecule has 1 unspecified atom stereocenters. The zero-order chi connectivity index (χ0) is 31.1. The topological polar surface area (TPSA) is 75.6 Å². The third kappa shape index (κ3) is 5.37. The maximum atomic E-state index is 11.5. The van der Waals surface area contributed by atoms with Crippen molar-refractivity contribution in [3.63, 3.8) is 0 Å². The molecule has 0 radical (unpaired) electrons. The zero-order valence-electron chi connectivity index (χ0n) is 28.5. The molecule has 0 amide bonds. The van der Waals surface area contributed by atoms with E-state index in [-0.39, 0.29) is 35.2 Å². The minimum absolute atomic E-state index is 0.0963. The average molecular weight is 617 g/mol. The molecule has 1 N–H and O–H groups in total. The third-order valence-electron chi connectivity index (χ3n) is 13.8. The lowest BCUT2D eigenvalue weighted by molar-refractivity contribution is -0.300. The highest BCUT2D eigenvalue weighted by atomic mass is 16.8. The molecule has 4 saturated carbocycles. The quantitative estimate of drug-likeness (QED) is 0.322. The number of aliphatic hydroxyl groups excluding tert-OH is 1. The molecule has 0 aromatic heterocycles. The fourth-order valence-corrected chi connectivity index (χ4v) is 11.9. The zero-order valence-corrected chi connectivity index (χ0v) is 28.5. The molecule has 3 heterocycles. The summed E-state index contributed by atoms with van der Waals surface area (Å²) in [5, 5.41) is 11.5. The second-order valence-electron chi connectivity index (χ2n) is 17.3. The Labute approximate surface area is 266 Å². The van der Waals surface area contributed by atoms with E-state index in [1.54, 1.807) is 0 Å². The highest BCUT2D eigenvalue weighted by Crippen LogP contribution is 2.71. The van der Waals surface area contributed by atoms with Gasteiger partial charge in [-0.25, -0.2) is 0 Å². The highest BCUT2D eigenvalue weighted by molar-refractivity contribution is 5.16. The summed E-state index contributed by atoms with van der Waals surface area (Å²) in [4.78, 5) is 0. The van der Waals surface area contributed by atoms with Crippen molar-refractivity contribution >= 4 is 0 Å². The van der Waals surface area contributed by atoms with E-state index in [0.717, 1.165) is 45.1 Å². The number of ether oxygens (including phenoxy) is 6. The lowest BCUT2D eigenvalue weighted by Crippen LogP contribution is -2.65. The van der Waals surface area contributed by atoms with E-state index in [1.165, 1.54) is 25.7 Å². The molecule has 0 aromatic carbocycles. The molecule has 250 valence electrons. The van der Waals surface area contributed by atoms with E-state index in [1.807, 2.05) is 6.08 Å². The first-order valence-corrected chi connectivity index (χ1v) is 18.1. The van der Waals surface area contributed by atoms with Gasteiger partial charge in [-0.05, 0) is 126 Å². The van der Waals surface area contributed by atoms with Crippen LogP contribution in [0.2, 0.25) is 0 Å². The molecule has 12 atom stereocenters. The van der Waals surface area contributed by atoms with Crippen LogP contribution in [0.3, 0.4) is 0 Å². The molecule has 3 saturated heterocycles. The van der Waals surface area contributed by atoms with E-state index in [4.69, 9.17) is 28.4 Å². The second kappa shape index (κ2) is 11.3. The van der Waals surface area contributed by atoms with Gasteiger partial charge in [-0.3, -0.25) is 0 Å². The highest BCUT2D eigenvalue weighted by Gasteiger charge is 2.70. The summed E-state index contributed by atoms with van der Waals surface area (Å²) in [7, 11) is 0. The minimum atomic E-state index is -0.524. The number of fused-ring (bicyclic) bond motifs is 7. The summed E-state index contributed by atoms with van der Waals surface area (Å²) in [6.45, 7) is 17.8. The molecule has 4 aliphatic carbocycles. The van der Waals surface area contributed by atoms with Crippen LogP contribution in [0.1, 0.15) is 113 Å². The van der Waals surface area contributed by atoms with Crippen LogP contribution in [0.4, 0.5) is 0 Å². The molecule has 7 heteroatoms. The van der Waals surface area contributed by atoms with E-state index >= 15 is 0 Å². The first kappa shape index (κ1) is 32.0. The Balaban J connectivity index is 1.09. The van der Waals surface area contributed by atoms with Crippen LogP contribution in [-0.2, 0) is 28.4 Å². The van der Waals surface area contributed by atoms with Crippen molar-refractivity contribution in [2.24, 2.45) is 46.3 Å². The van der Waals surface area contributed by atoms with Gasteiger partial charge in [0.15, 0.2) is 17.9 Å². The van der Waals surface area contributed by atoms with Crippen LogP contribution < -0.4 is 0 Å². The first-order valence-electron chi connectivity index (χ1n) is 18.1. The molecular weight excluding hydrogens is 556 g/mol. The predicted octanol–water partition coefficient (Wildman–Crippen LogP) is 7.00. The van der Waals surface area contributed by atoms with Crippen molar-refractivity contribution in [2.75, 3.05) is 19.8 Å². The normalized spacial score (nSPS) is 47.6. The van der Waals surface area contributed by atoms with Crippen LogP contribution in [0.5, 0.6) is 0 Å². The van der Waals surface area contributed by atoms with Crippen molar-refractivity contribution in [1.82, 2.24) is 0 Å². The van der Waals surface area contributed by atoms with Crippen LogP contribution >= 0.6 is 0 Å². The van der Waals surface area contributed by atoms with Crippen LogP contribution in [-0.4, -0.2) is 66.7 Å².